The molecule has 25 heavy (non-hydrogen) atoms. The molecule has 3 heterocycles. The van der Waals surface area contributed by atoms with Crippen LogP contribution in [0.2, 0.25) is 0 Å². The van der Waals surface area contributed by atoms with E-state index >= 15 is 0 Å². The van der Waals surface area contributed by atoms with Crippen molar-refractivity contribution in [2.45, 2.75) is 57.8 Å². The number of piperidine rings is 1. The summed E-state index contributed by atoms with van der Waals surface area (Å²) in [4.78, 5) is 24.1. The summed E-state index contributed by atoms with van der Waals surface area (Å²) in [5.74, 6) is 2.48. The molecule has 0 aromatic carbocycles. The molecule has 4 rings (SSSR count). The molecular weight excluding hydrogens is 314 g/mol. The highest BCUT2D eigenvalue weighted by atomic mass is 16.5. The lowest BCUT2D eigenvalue weighted by Crippen LogP contribution is -2.39. The molecule has 5 heteroatoms. The Morgan fingerprint density at radius 1 is 1.16 bits per heavy atom. The minimum atomic E-state index is 0.217. The first-order valence-corrected chi connectivity index (χ1v) is 9.74. The molecule has 0 bridgehead atoms. The zero-order chi connectivity index (χ0) is 17.4. The van der Waals surface area contributed by atoms with E-state index in [1.165, 1.54) is 5.69 Å². The number of nitrogens with zero attached hydrogens (tertiary/aromatic N) is 3. The molecule has 136 valence electrons. The number of hydrogen-bond donors (Lipinski definition) is 0. The van der Waals surface area contributed by atoms with Gasteiger partial charge in [0, 0.05) is 55.9 Å². The molecule has 1 unspecified atom stereocenters. The smallest absolute Gasteiger partial charge is 0.226 e. The van der Waals surface area contributed by atoms with Gasteiger partial charge in [-0.2, -0.15) is 0 Å². The van der Waals surface area contributed by atoms with Crippen molar-refractivity contribution >= 4 is 5.91 Å². The fraction of sp³-hybridized carbons (Fsp3) is 0.750. The average Bonchev–Trinajstić information content (AvgIpc) is 3.30. The summed E-state index contributed by atoms with van der Waals surface area (Å²) < 4.78 is 5.46. The molecule has 1 aromatic rings. The first-order chi connectivity index (χ1) is 12.0. The van der Waals surface area contributed by atoms with Crippen LogP contribution in [-0.4, -0.2) is 47.1 Å². The van der Waals surface area contributed by atoms with Gasteiger partial charge in [-0.15, -0.1) is 0 Å². The third-order valence-corrected chi connectivity index (χ3v) is 6.32. The van der Waals surface area contributed by atoms with Crippen molar-refractivity contribution in [3.63, 3.8) is 0 Å². The number of aromatic nitrogens is 2. The van der Waals surface area contributed by atoms with Crippen molar-refractivity contribution in [3.8, 4) is 0 Å². The maximum atomic E-state index is 12.6. The molecule has 1 saturated carbocycles. The van der Waals surface area contributed by atoms with E-state index in [0.717, 1.165) is 64.2 Å². The molecule has 0 N–H and O–H groups in total. The van der Waals surface area contributed by atoms with Crippen molar-refractivity contribution in [2.24, 2.45) is 11.3 Å². The van der Waals surface area contributed by atoms with Crippen molar-refractivity contribution in [3.05, 3.63) is 23.8 Å². The van der Waals surface area contributed by atoms with Gasteiger partial charge in [0.25, 0.3) is 0 Å². The predicted octanol–water partition coefficient (Wildman–Crippen LogP) is 3.12. The van der Waals surface area contributed by atoms with E-state index in [2.05, 4.69) is 29.8 Å². The highest BCUT2D eigenvalue weighted by Crippen LogP contribution is 2.52. The van der Waals surface area contributed by atoms with Gasteiger partial charge in [-0.25, -0.2) is 9.97 Å². The SMILES string of the molecule is CC1(C)CC1C(=O)N1CCC(c2nccc(C3CCOCC3)n2)CC1. The van der Waals surface area contributed by atoms with Gasteiger partial charge in [0.1, 0.15) is 5.82 Å². The fourth-order valence-corrected chi connectivity index (χ4v) is 4.27. The Hall–Kier alpha value is -1.49. The molecule has 3 aliphatic rings. The van der Waals surface area contributed by atoms with E-state index in [1.807, 2.05) is 6.20 Å². The predicted molar refractivity (Wildman–Crippen MR) is 95.3 cm³/mol. The van der Waals surface area contributed by atoms with Gasteiger partial charge in [0.05, 0.1) is 0 Å². The number of amides is 1. The Balaban J connectivity index is 1.37. The lowest BCUT2D eigenvalue weighted by atomic mass is 9.93. The summed E-state index contributed by atoms with van der Waals surface area (Å²) >= 11 is 0. The normalized spacial score (nSPS) is 27.3. The monoisotopic (exact) mass is 343 g/mol. The summed E-state index contributed by atoms with van der Waals surface area (Å²) in [6, 6.07) is 2.06. The molecular formula is C20H29N3O2. The Morgan fingerprint density at radius 3 is 2.48 bits per heavy atom. The number of hydrogen-bond acceptors (Lipinski definition) is 4. The number of carbonyl (C=O) groups excluding carboxylic acids is 1. The van der Waals surface area contributed by atoms with Crippen molar-refractivity contribution in [2.75, 3.05) is 26.3 Å². The minimum absolute atomic E-state index is 0.217. The van der Waals surface area contributed by atoms with E-state index in [0.29, 0.717) is 17.7 Å². The van der Waals surface area contributed by atoms with Crippen LogP contribution >= 0.6 is 0 Å². The van der Waals surface area contributed by atoms with E-state index < -0.39 is 0 Å². The van der Waals surface area contributed by atoms with Crippen LogP contribution < -0.4 is 0 Å². The van der Waals surface area contributed by atoms with Gasteiger partial charge >= 0.3 is 0 Å². The second kappa shape index (κ2) is 6.67. The van der Waals surface area contributed by atoms with Crippen molar-refractivity contribution < 1.29 is 9.53 Å². The van der Waals surface area contributed by atoms with Crippen LogP contribution in [0.5, 0.6) is 0 Å². The lowest BCUT2D eigenvalue weighted by molar-refractivity contribution is -0.134. The third-order valence-electron chi connectivity index (χ3n) is 6.32. The summed E-state index contributed by atoms with van der Waals surface area (Å²) in [6.07, 6.45) is 7.03. The van der Waals surface area contributed by atoms with E-state index in [4.69, 9.17) is 9.72 Å². The lowest BCUT2D eigenvalue weighted by Gasteiger charge is -2.32. The fourth-order valence-electron chi connectivity index (χ4n) is 4.27. The van der Waals surface area contributed by atoms with Crippen LogP contribution in [0.1, 0.15) is 69.3 Å². The highest BCUT2D eigenvalue weighted by molar-refractivity contribution is 5.82. The molecule has 1 amide bonds. The van der Waals surface area contributed by atoms with Crippen LogP contribution in [0, 0.1) is 11.3 Å². The molecule has 1 aromatic heterocycles. The molecule has 1 atom stereocenters. The topological polar surface area (TPSA) is 55.3 Å². The number of carbonyl (C=O) groups is 1. The average molecular weight is 343 g/mol. The van der Waals surface area contributed by atoms with Gasteiger partial charge in [0.2, 0.25) is 5.91 Å². The van der Waals surface area contributed by atoms with Crippen LogP contribution in [0.15, 0.2) is 12.3 Å². The van der Waals surface area contributed by atoms with Crippen molar-refractivity contribution in [1.29, 1.82) is 0 Å². The molecule has 2 saturated heterocycles. The molecule has 0 radical (unpaired) electrons. The first kappa shape index (κ1) is 17.0. The quantitative estimate of drug-likeness (QED) is 0.846. The minimum Gasteiger partial charge on any atom is -0.381 e. The number of likely N-dealkylation sites (tertiary alicyclic amines) is 1. The second-order valence-corrected chi connectivity index (χ2v) is 8.57. The van der Waals surface area contributed by atoms with Gasteiger partial charge in [-0.05, 0) is 43.6 Å². The van der Waals surface area contributed by atoms with Gasteiger partial charge in [-0.1, -0.05) is 13.8 Å². The zero-order valence-electron chi connectivity index (χ0n) is 15.4. The molecule has 1 aliphatic carbocycles. The van der Waals surface area contributed by atoms with Crippen LogP contribution in [0.25, 0.3) is 0 Å². The van der Waals surface area contributed by atoms with Gasteiger partial charge < -0.3 is 9.64 Å². The maximum absolute atomic E-state index is 12.6. The number of rotatable bonds is 3. The molecule has 3 fully saturated rings. The van der Waals surface area contributed by atoms with E-state index in [9.17, 15) is 4.79 Å². The van der Waals surface area contributed by atoms with Crippen molar-refractivity contribution in [1.82, 2.24) is 14.9 Å². The first-order valence-electron chi connectivity index (χ1n) is 9.74. The van der Waals surface area contributed by atoms with Gasteiger partial charge in [-0.3, -0.25) is 4.79 Å². The van der Waals surface area contributed by atoms with E-state index in [1.54, 1.807) is 0 Å². The molecule has 2 aliphatic heterocycles. The standard InChI is InChI=1S/C20H29N3O2/c1-20(2)13-16(20)19(24)23-9-4-15(5-10-23)18-21-8-3-17(22-18)14-6-11-25-12-7-14/h3,8,14-16H,4-7,9-13H2,1-2H3. The second-order valence-electron chi connectivity index (χ2n) is 8.57. The zero-order valence-corrected chi connectivity index (χ0v) is 15.4. The number of ether oxygens (including phenoxy) is 1. The third kappa shape index (κ3) is 3.57. The Labute approximate surface area is 150 Å². The van der Waals surface area contributed by atoms with Crippen LogP contribution in [0.4, 0.5) is 0 Å². The summed E-state index contributed by atoms with van der Waals surface area (Å²) in [5.41, 5.74) is 1.39. The Kier molecular flexibility index (Phi) is 4.52. The maximum Gasteiger partial charge on any atom is 0.226 e. The summed E-state index contributed by atoms with van der Waals surface area (Å²) in [5, 5.41) is 0. The largest absolute Gasteiger partial charge is 0.381 e. The molecule has 0 spiro atoms. The van der Waals surface area contributed by atoms with Crippen LogP contribution in [-0.2, 0) is 9.53 Å². The van der Waals surface area contributed by atoms with Gasteiger partial charge in [0.15, 0.2) is 0 Å². The highest BCUT2D eigenvalue weighted by Gasteiger charge is 2.52. The Bertz CT molecular complexity index is 632. The molecule has 5 nitrogen and oxygen atoms in total. The Morgan fingerprint density at radius 2 is 1.84 bits per heavy atom. The summed E-state index contributed by atoms with van der Waals surface area (Å²) in [7, 11) is 0. The summed E-state index contributed by atoms with van der Waals surface area (Å²) in [6.45, 7) is 7.75. The van der Waals surface area contributed by atoms with E-state index in [-0.39, 0.29) is 11.3 Å². The van der Waals surface area contributed by atoms with Crippen LogP contribution in [0.3, 0.4) is 0 Å².